The molecule has 0 aromatic carbocycles. The zero-order valence-electron chi connectivity index (χ0n) is 17.6. The molecule has 152 valence electrons. The van der Waals surface area contributed by atoms with Gasteiger partial charge in [-0.1, -0.05) is 33.1 Å². The maximum absolute atomic E-state index is 5.64. The SMILES string of the molecule is CC(C)CCCCCOCCCOCCCOCCCOC(C)(C)C. The normalized spacial score (nSPS) is 12.2. The van der Waals surface area contributed by atoms with Gasteiger partial charge in [0.15, 0.2) is 0 Å². The van der Waals surface area contributed by atoms with Gasteiger partial charge in [-0.25, -0.2) is 0 Å². The van der Waals surface area contributed by atoms with Gasteiger partial charge in [0.1, 0.15) is 0 Å². The standard InChI is InChI=1S/C21H44O4/c1-20(2)12-7-6-8-13-22-14-9-15-23-16-10-17-24-18-11-19-25-21(3,4)5/h20H,6-19H2,1-5H3. The maximum atomic E-state index is 5.64. The second kappa shape index (κ2) is 17.3. The molecule has 0 aromatic rings. The Hall–Kier alpha value is -0.160. The van der Waals surface area contributed by atoms with Crippen LogP contribution in [0.1, 0.15) is 79.6 Å². The lowest BCUT2D eigenvalue weighted by Gasteiger charge is -2.19. The van der Waals surface area contributed by atoms with E-state index in [2.05, 4.69) is 34.6 Å². The van der Waals surface area contributed by atoms with Gasteiger partial charge in [-0.3, -0.25) is 0 Å². The van der Waals surface area contributed by atoms with Crippen LogP contribution in [-0.4, -0.2) is 51.8 Å². The van der Waals surface area contributed by atoms with Gasteiger partial charge in [-0.05, 0) is 52.4 Å². The highest BCUT2D eigenvalue weighted by Crippen LogP contribution is 2.08. The van der Waals surface area contributed by atoms with E-state index in [1.165, 1.54) is 25.7 Å². The average molecular weight is 361 g/mol. The van der Waals surface area contributed by atoms with Crippen LogP contribution in [0.15, 0.2) is 0 Å². The highest BCUT2D eigenvalue weighted by molar-refractivity contribution is 4.58. The predicted octanol–water partition coefficient (Wildman–Crippen LogP) is 5.24. The van der Waals surface area contributed by atoms with Crippen LogP contribution in [0.25, 0.3) is 0 Å². The molecule has 0 amide bonds. The van der Waals surface area contributed by atoms with Crippen molar-refractivity contribution in [2.75, 3.05) is 46.2 Å². The van der Waals surface area contributed by atoms with Gasteiger partial charge < -0.3 is 18.9 Å². The first-order chi connectivity index (χ1) is 11.9. The zero-order chi connectivity index (χ0) is 18.8. The molecule has 0 N–H and O–H groups in total. The molecule has 0 bridgehead atoms. The van der Waals surface area contributed by atoms with Crippen molar-refractivity contribution in [1.29, 1.82) is 0 Å². The van der Waals surface area contributed by atoms with Crippen molar-refractivity contribution < 1.29 is 18.9 Å². The number of unbranched alkanes of at least 4 members (excludes halogenated alkanes) is 2. The number of rotatable bonds is 18. The second-order valence-electron chi connectivity index (χ2n) is 8.10. The largest absolute Gasteiger partial charge is 0.381 e. The van der Waals surface area contributed by atoms with Crippen LogP contribution in [-0.2, 0) is 18.9 Å². The first-order valence-electron chi connectivity index (χ1n) is 10.3. The van der Waals surface area contributed by atoms with Gasteiger partial charge in [0, 0.05) is 46.2 Å². The Morgan fingerprint density at radius 1 is 0.560 bits per heavy atom. The molecule has 0 saturated heterocycles. The molecular weight excluding hydrogens is 316 g/mol. The topological polar surface area (TPSA) is 36.9 Å². The van der Waals surface area contributed by atoms with Crippen molar-refractivity contribution in [3.8, 4) is 0 Å². The van der Waals surface area contributed by atoms with E-state index >= 15 is 0 Å². The monoisotopic (exact) mass is 360 g/mol. The molecule has 0 aromatic heterocycles. The van der Waals surface area contributed by atoms with Gasteiger partial charge >= 0.3 is 0 Å². The molecule has 4 heteroatoms. The summed E-state index contributed by atoms with van der Waals surface area (Å²) in [4.78, 5) is 0. The second-order valence-corrected chi connectivity index (χ2v) is 8.10. The van der Waals surface area contributed by atoms with Crippen molar-refractivity contribution in [1.82, 2.24) is 0 Å². The predicted molar refractivity (Wildman–Crippen MR) is 105 cm³/mol. The van der Waals surface area contributed by atoms with E-state index in [-0.39, 0.29) is 5.60 Å². The van der Waals surface area contributed by atoms with Crippen LogP contribution >= 0.6 is 0 Å². The molecule has 0 heterocycles. The Kier molecular flexibility index (Phi) is 17.2. The van der Waals surface area contributed by atoms with Gasteiger partial charge in [-0.15, -0.1) is 0 Å². The fourth-order valence-corrected chi connectivity index (χ4v) is 2.31. The quantitative estimate of drug-likeness (QED) is 0.313. The summed E-state index contributed by atoms with van der Waals surface area (Å²) in [6, 6.07) is 0. The number of hydrogen-bond donors (Lipinski definition) is 0. The Morgan fingerprint density at radius 3 is 1.44 bits per heavy atom. The van der Waals surface area contributed by atoms with E-state index in [0.717, 1.165) is 71.4 Å². The van der Waals surface area contributed by atoms with E-state index in [1.807, 2.05) is 0 Å². The number of ether oxygens (including phenoxy) is 4. The fourth-order valence-electron chi connectivity index (χ4n) is 2.31. The van der Waals surface area contributed by atoms with Crippen LogP contribution < -0.4 is 0 Å². The summed E-state index contributed by atoms with van der Waals surface area (Å²) in [5, 5.41) is 0. The van der Waals surface area contributed by atoms with Gasteiger partial charge in [-0.2, -0.15) is 0 Å². The molecule has 0 rings (SSSR count). The Labute approximate surface area is 156 Å². The number of hydrogen-bond acceptors (Lipinski definition) is 4. The van der Waals surface area contributed by atoms with E-state index in [1.54, 1.807) is 0 Å². The summed E-state index contributed by atoms with van der Waals surface area (Å²) in [6.07, 6.45) is 8.03. The minimum Gasteiger partial charge on any atom is -0.381 e. The third kappa shape index (κ3) is 23.8. The molecular formula is C21H44O4. The van der Waals surface area contributed by atoms with Gasteiger partial charge in [0.25, 0.3) is 0 Å². The molecule has 0 aliphatic carbocycles. The van der Waals surface area contributed by atoms with Crippen LogP contribution in [0.3, 0.4) is 0 Å². The van der Waals surface area contributed by atoms with Crippen molar-refractivity contribution >= 4 is 0 Å². The van der Waals surface area contributed by atoms with Crippen molar-refractivity contribution in [3.05, 3.63) is 0 Å². The summed E-state index contributed by atoms with van der Waals surface area (Å²) in [5.41, 5.74) is -0.0503. The third-order valence-electron chi connectivity index (χ3n) is 3.69. The molecule has 0 aliphatic heterocycles. The summed E-state index contributed by atoms with van der Waals surface area (Å²) in [7, 11) is 0. The Bertz CT molecular complexity index is 261. The van der Waals surface area contributed by atoms with E-state index < -0.39 is 0 Å². The molecule has 0 atom stereocenters. The third-order valence-corrected chi connectivity index (χ3v) is 3.69. The smallest absolute Gasteiger partial charge is 0.0598 e. The lowest BCUT2D eigenvalue weighted by atomic mass is 10.1. The molecule has 25 heavy (non-hydrogen) atoms. The lowest BCUT2D eigenvalue weighted by Crippen LogP contribution is -2.20. The molecule has 0 spiro atoms. The molecule has 0 aliphatic rings. The summed E-state index contributed by atoms with van der Waals surface area (Å²) in [5.74, 6) is 0.825. The van der Waals surface area contributed by atoms with Crippen molar-refractivity contribution in [2.24, 2.45) is 5.92 Å². The average Bonchev–Trinajstić information content (AvgIpc) is 2.52. The minimum atomic E-state index is -0.0503. The van der Waals surface area contributed by atoms with Crippen LogP contribution in [0.5, 0.6) is 0 Å². The Morgan fingerprint density at radius 2 is 1.00 bits per heavy atom. The van der Waals surface area contributed by atoms with E-state index in [4.69, 9.17) is 18.9 Å². The fraction of sp³-hybridized carbons (Fsp3) is 1.00. The van der Waals surface area contributed by atoms with Crippen LogP contribution in [0, 0.1) is 5.92 Å². The molecule has 0 unspecified atom stereocenters. The van der Waals surface area contributed by atoms with Gasteiger partial charge in [0.2, 0.25) is 0 Å². The molecule has 0 radical (unpaired) electrons. The molecule has 4 nitrogen and oxygen atoms in total. The minimum absolute atomic E-state index is 0.0503. The highest BCUT2D eigenvalue weighted by Gasteiger charge is 2.08. The first-order valence-corrected chi connectivity index (χ1v) is 10.3. The maximum Gasteiger partial charge on any atom is 0.0598 e. The van der Waals surface area contributed by atoms with Gasteiger partial charge in [0.05, 0.1) is 5.60 Å². The molecule has 0 saturated carbocycles. The van der Waals surface area contributed by atoms with E-state index in [0.29, 0.717) is 0 Å². The van der Waals surface area contributed by atoms with E-state index in [9.17, 15) is 0 Å². The first kappa shape index (κ1) is 24.8. The molecule has 0 fully saturated rings. The lowest BCUT2D eigenvalue weighted by molar-refractivity contribution is -0.0150. The van der Waals surface area contributed by atoms with Crippen molar-refractivity contribution in [2.45, 2.75) is 85.2 Å². The van der Waals surface area contributed by atoms with Crippen molar-refractivity contribution in [3.63, 3.8) is 0 Å². The summed E-state index contributed by atoms with van der Waals surface area (Å²) < 4.78 is 22.4. The Balaban J connectivity index is 3.03. The zero-order valence-corrected chi connectivity index (χ0v) is 17.6. The highest BCUT2D eigenvalue weighted by atomic mass is 16.5. The van der Waals surface area contributed by atoms with Crippen LogP contribution in [0.2, 0.25) is 0 Å². The summed E-state index contributed by atoms with van der Waals surface area (Å²) in [6.45, 7) is 16.3. The summed E-state index contributed by atoms with van der Waals surface area (Å²) >= 11 is 0. The van der Waals surface area contributed by atoms with Crippen LogP contribution in [0.4, 0.5) is 0 Å².